The highest BCUT2D eigenvalue weighted by atomic mass is 16.2. The van der Waals surface area contributed by atoms with Crippen LogP contribution in [0.25, 0.3) is 0 Å². The Labute approximate surface area is 203 Å². The van der Waals surface area contributed by atoms with Gasteiger partial charge in [0.2, 0.25) is 0 Å². The van der Waals surface area contributed by atoms with E-state index in [1.54, 1.807) is 4.68 Å². The third-order valence-corrected chi connectivity index (χ3v) is 7.43. The Bertz CT molecular complexity index is 1090. The fraction of sp³-hybridized carbons (Fsp3) is 0.519. The van der Waals surface area contributed by atoms with Crippen LogP contribution in [0.15, 0.2) is 42.6 Å². The van der Waals surface area contributed by atoms with Crippen LogP contribution in [0.3, 0.4) is 0 Å². The van der Waals surface area contributed by atoms with E-state index >= 15 is 0 Å². The number of amides is 1. The zero-order valence-electron chi connectivity index (χ0n) is 21.2. The highest BCUT2D eigenvalue weighted by molar-refractivity contribution is 5.92. The van der Waals surface area contributed by atoms with Gasteiger partial charge in [-0.1, -0.05) is 30.3 Å². The van der Waals surface area contributed by atoms with Gasteiger partial charge in [-0.2, -0.15) is 10.2 Å². The molecule has 1 aliphatic heterocycles. The van der Waals surface area contributed by atoms with Crippen LogP contribution < -0.4 is 0 Å². The largest absolute Gasteiger partial charge is 0.337 e. The molecule has 182 valence electrons. The topological polar surface area (TPSA) is 59.2 Å². The smallest absolute Gasteiger partial charge is 0.274 e. The number of hydrogen-bond donors (Lipinski definition) is 0. The van der Waals surface area contributed by atoms with Gasteiger partial charge in [-0.15, -0.1) is 0 Å². The molecule has 0 bridgehead atoms. The Hall–Kier alpha value is -2.93. The number of piperidine rings is 1. The summed E-state index contributed by atoms with van der Waals surface area (Å²) < 4.78 is 3.79. The molecule has 0 radical (unpaired) electrons. The number of aryl methyl sites for hydroxylation is 3. The summed E-state index contributed by atoms with van der Waals surface area (Å²) in [6.45, 7) is 10.4. The van der Waals surface area contributed by atoms with Crippen LogP contribution in [-0.4, -0.2) is 61.4 Å². The van der Waals surface area contributed by atoms with Gasteiger partial charge in [-0.3, -0.25) is 19.1 Å². The molecule has 1 atom stereocenters. The summed E-state index contributed by atoms with van der Waals surface area (Å²) in [6, 6.07) is 12.5. The Morgan fingerprint density at radius 2 is 1.82 bits per heavy atom. The number of nitrogens with zero attached hydrogens (tertiary/aromatic N) is 6. The summed E-state index contributed by atoms with van der Waals surface area (Å²) in [4.78, 5) is 17.8. The highest BCUT2D eigenvalue weighted by Crippen LogP contribution is 2.28. The molecule has 1 amide bonds. The second kappa shape index (κ2) is 10.6. The predicted octanol–water partition coefficient (Wildman–Crippen LogP) is 3.85. The molecule has 0 aliphatic carbocycles. The van der Waals surface area contributed by atoms with Gasteiger partial charge in [0.25, 0.3) is 5.91 Å². The minimum atomic E-state index is 0.00203. The first-order valence-electron chi connectivity index (χ1n) is 12.4. The van der Waals surface area contributed by atoms with E-state index in [1.165, 1.54) is 16.8 Å². The average molecular weight is 463 g/mol. The second-order valence-corrected chi connectivity index (χ2v) is 9.63. The average Bonchev–Trinajstić information content (AvgIpc) is 3.41. The van der Waals surface area contributed by atoms with E-state index in [9.17, 15) is 4.79 Å². The van der Waals surface area contributed by atoms with Gasteiger partial charge in [0.15, 0.2) is 0 Å². The molecule has 34 heavy (non-hydrogen) atoms. The maximum absolute atomic E-state index is 13.3. The van der Waals surface area contributed by atoms with E-state index in [-0.39, 0.29) is 11.9 Å². The first kappa shape index (κ1) is 24.2. The number of hydrogen-bond acceptors (Lipinski definition) is 4. The van der Waals surface area contributed by atoms with Crippen molar-refractivity contribution in [2.24, 2.45) is 13.0 Å². The predicted molar refractivity (Wildman–Crippen MR) is 135 cm³/mol. The minimum Gasteiger partial charge on any atom is -0.337 e. The Morgan fingerprint density at radius 1 is 1.12 bits per heavy atom. The van der Waals surface area contributed by atoms with Gasteiger partial charge in [-0.05, 0) is 70.7 Å². The van der Waals surface area contributed by atoms with Crippen molar-refractivity contribution in [3.63, 3.8) is 0 Å². The molecule has 0 saturated carbocycles. The van der Waals surface area contributed by atoms with Crippen molar-refractivity contribution in [1.29, 1.82) is 0 Å². The van der Waals surface area contributed by atoms with E-state index in [2.05, 4.69) is 59.7 Å². The lowest BCUT2D eigenvalue weighted by atomic mass is 9.84. The molecule has 1 aliphatic rings. The van der Waals surface area contributed by atoms with Crippen LogP contribution in [-0.2, 0) is 26.6 Å². The molecule has 7 nitrogen and oxygen atoms in total. The van der Waals surface area contributed by atoms with Gasteiger partial charge >= 0.3 is 0 Å². The third-order valence-electron chi connectivity index (χ3n) is 7.43. The van der Waals surface area contributed by atoms with Crippen LogP contribution in [0.1, 0.15) is 52.8 Å². The molecule has 2 aromatic heterocycles. The van der Waals surface area contributed by atoms with Crippen molar-refractivity contribution in [2.45, 2.75) is 59.2 Å². The summed E-state index contributed by atoms with van der Waals surface area (Å²) >= 11 is 0. The third kappa shape index (κ3) is 5.25. The van der Waals surface area contributed by atoms with Gasteiger partial charge in [-0.25, -0.2) is 0 Å². The van der Waals surface area contributed by atoms with Gasteiger partial charge in [0.05, 0.1) is 5.69 Å². The molecule has 7 heteroatoms. The van der Waals surface area contributed by atoms with Crippen molar-refractivity contribution in [3.8, 4) is 0 Å². The SMILES string of the molecule is CCn1nc(C)c(CN2CCC([C@H](Cc3ccccc3)N(C)C(=O)c3ccn(C)n3)CC2)c1C. The van der Waals surface area contributed by atoms with E-state index in [1.807, 2.05) is 37.3 Å². The molecule has 1 fully saturated rings. The second-order valence-electron chi connectivity index (χ2n) is 9.63. The number of likely N-dealkylation sites (tertiary alicyclic amines) is 1. The van der Waals surface area contributed by atoms with E-state index in [4.69, 9.17) is 5.10 Å². The molecule has 1 saturated heterocycles. The standard InChI is InChI=1S/C27H38N6O/c1-6-33-21(3)24(20(2)28-33)19-32-16-12-23(13-17-32)26(18-22-10-8-7-9-11-22)31(5)27(34)25-14-15-30(4)29-25/h7-11,14-15,23,26H,6,12-13,16-19H2,1-5H3/t26-/m0/s1. The molecule has 3 heterocycles. The first-order valence-corrected chi connectivity index (χ1v) is 12.4. The molecule has 4 rings (SSSR count). The van der Waals surface area contributed by atoms with E-state index in [0.717, 1.165) is 51.1 Å². The van der Waals surface area contributed by atoms with Crippen molar-refractivity contribution in [1.82, 2.24) is 29.4 Å². The van der Waals surface area contributed by atoms with Crippen LogP contribution in [0.5, 0.6) is 0 Å². The number of rotatable bonds is 8. The maximum atomic E-state index is 13.3. The quantitative estimate of drug-likeness (QED) is 0.510. The van der Waals surface area contributed by atoms with E-state index in [0.29, 0.717) is 11.6 Å². The molecular formula is C27H38N6O. The van der Waals surface area contributed by atoms with Gasteiger partial charge in [0.1, 0.15) is 5.69 Å². The number of carbonyl (C=O) groups excluding carboxylic acids is 1. The zero-order chi connectivity index (χ0) is 24.2. The monoisotopic (exact) mass is 462 g/mol. The zero-order valence-corrected chi connectivity index (χ0v) is 21.2. The Balaban J connectivity index is 1.47. The normalized spacial score (nSPS) is 16.0. The summed E-state index contributed by atoms with van der Waals surface area (Å²) in [6.07, 6.45) is 4.85. The van der Waals surface area contributed by atoms with Gasteiger partial charge in [0, 0.05) is 50.7 Å². The molecule has 1 aromatic carbocycles. The summed E-state index contributed by atoms with van der Waals surface area (Å²) in [5, 5.41) is 9.06. The molecular weight excluding hydrogens is 424 g/mol. The Morgan fingerprint density at radius 3 is 2.41 bits per heavy atom. The fourth-order valence-corrected chi connectivity index (χ4v) is 5.33. The molecule has 0 N–H and O–H groups in total. The lowest BCUT2D eigenvalue weighted by molar-refractivity contribution is 0.0578. The number of likely N-dealkylation sites (N-methyl/N-ethyl adjacent to an activating group) is 1. The van der Waals surface area contributed by atoms with Crippen LogP contribution in [0.2, 0.25) is 0 Å². The van der Waals surface area contributed by atoms with Crippen molar-refractivity contribution >= 4 is 5.91 Å². The maximum Gasteiger partial charge on any atom is 0.274 e. The Kier molecular flexibility index (Phi) is 7.51. The highest BCUT2D eigenvalue weighted by Gasteiger charge is 2.33. The van der Waals surface area contributed by atoms with Crippen LogP contribution in [0.4, 0.5) is 0 Å². The minimum absolute atomic E-state index is 0.00203. The van der Waals surface area contributed by atoms with Crippen LogP contribution >= 0.6 is 0 Å². The first-order chi connectivity index (χ1) is 16.4. The van der Waals surface area contributed by atoms with Crippen LogP contribution in [0, 0.1) is 19.8 Å². The molecule has 3 aromatic rings. The van der Waals surface area contributed by atoms with Gasteiger partial charge < -0.3 is 4.90 Å². The summed E-state index contributed by atoms with van der Waals surface area (Å²) in [7, 11) is 3.80. The summed E-state index contributed by atoms with van der Waals surface area (Å²) in [5.41, 5.74) is 5.57. The lowest BCUT2D eigenvalue weighted by Crippen LogP contribution is -2.47. The van der Waals surface area contributed by atoms with E-state index < -0.39 is 0 Å². The van der Waals surface area contributed by atoms with Crippen molar-refractivity contribution in [2.75, 3.05) is 20.1 Å². The number of carbonyl (C=O) groups is 1. The fourth-order valence-electron chi connectivity index (χ4n) is 5.33. The molecule has 0 spiro atoms. The van der Waals surface area contributed by atoms with Crippen molar-refractivity contribution < 1.29 is 4.79 Å². The number of benzene rings is 1. The molecule has 0 unspecified atom stereocenters. The van der Waals surface area contributed by atoms with Crippen molar-refractivity contribution in [3.05, 3.63) is 70.8 Å². The number of aromatic nitrogens is 4. The summed E-state index contributed by atoms with van der Waals surface area (Å²) in [5.74, 6) is 0.455. The lowest BCUT2D eigenvalue weighted by Gasteiger charge is -2.40.